The predicted molar refractivity (Wildman–Crippen MR) is 93.5 cm³/mol. The minimum atomic E-state index is -0.809. The number of hydrogen-bond donors (Lipinski definition) is 3. The topological polar surface area (TPSA) is 94.1 Å². The van der Waals surface area contributed by atoms with Crippen molar-refractivity contribution in [1.29, 1.82) is 0 Å². The lowest BCUT2D eigenvalue weighted by atomic mass is 10.2. The summed E-state index contributed by atoms with van der Waals surface area (Å²) in [7, 11) is 0. The highest BCUT2D eigenvalue weighted by molar-refractivity contribution is 5.67. The first-order valence-corrected chi connectivity index (χ1v) is 8.52. The fourth-order valence-electron chi connectivity index (χ4n) is 2.51. The van der Waals surface area contributed by atoms with Crippen LogP contribution in [0.25, 0.3) is 0 Å². The fraction of sp³-hybridized carbons (Fsp3) is 0.529. The number of ether oxygens (including phenoxy) is 1. The smallest absolute Gasteiger partial charge is 0.410 e. The third-order valence-electron chi connectivity index (χ3n) is 3.97. The lowest BCUT2D eigenvalue weighted by molar-refractivity contribution is 0.0918. The van der Waals surface area contributed by atoms with E-state index in [4.69, 9.17) is 9.84 Å². The van der Waals surface area contributed by atoms with Crippen molar-refractivity contribution >= 4 is 12.2 Å². The molecule has 3 N–H and O–H groups in total. The summed E-state index contributed by atoms with van der Waals surface area (Å²) in [5.41, 5.74) is 1.02. The monoisotopic (exact) mass is 350 g/mol. The van der Waals surface area contributed by atoms with Gasteiger partial charge in [0.1, 0.15) is 6.61 Å². The van der Waals surface area contributed by atoms with E-state index in [1.165, 1.54) is 4.90 Å². The van der Waals surface area contributed by atoms with Crippen LogP contribution in [0.1, 0.15) is 5.56 Å². The molecule has 0 spiro atoms. The highest BCUT2D eigenvalue weighted by Gasteiger charge is 2.17. The Labute approximate surface area is 147 Å². The Hall–Kier alpha value is -2.32. The van der Waals surface area contributed by atoms with Gasteiger partial charge in [-0.2, -0.15) is 0 Å². The van der Waals surface area contributed by atoms with E-state index in [-0.39, 0.29) is 6.09 Å². The van der Waals surface area contributed by atoms with Crippen molar-refractivity contribution in [2.24, 2.45) is 0 Å². The Morgan fingerprint density at radius 2 is 1.44 bits per heavy atom. The van der Waals surface area contributed by atoms with E-state index in [9.17, 15) is 9.59 Å². The molecule has 25 heavy (non-hydrogen) atoms. The van der Waals surface area contributed by atoms with E-state index < -0.39 is 6.09 Å². The van der Waals surface area contributed by atoms with Crippen LogP contribution in [0, 0.1) is 0 Å². The molecule has 0 bridgehead atoms. The lowest BCUT2D eigenvalue weighted by Crippen LogP contribution is -2.46. The molecule has 0 atom stereocenters. The van der Waals surface area contributed by atoms with Crippen LogP contribution in [0.2, 0.25) is 0 Å². The molecule has 8 heteroatoms. The molecule has 0 unspecified atom stereocenters. The molecule has 2 amide bonds. The maximum absolute atomic E-state index is 11.6. The van der Waals surface area contributed by atoms with Crippen LogP contribution in [0.15, 0.2) is 30.3 Å². The van der Waals surface area contributed by atoms with Gasteiger partial charge in [-0.1, -0.05) is 30.3 Å². The Morgan fingerprint density at radius 3 is 1.92 bits per heavy atom. The van der Waals surface area contributed by atoms with Gasteiger partial charge >= 0.3 is 12.2 Å². The summed E-state index contributed by atoms with van der Waals surface area (Å²) in [6.45, 7) is 6.31. The van der Waals surface area contributed by atoms with Gasteiger partial charge in [-0.25, -0.2) is 9.59 Å². The first kappa shape index (κ1) is 19.0. The first-order valence-electron chi connectivity index (χ1n) is 8.52. The number of carboxylic acid groups (broad SMARTS) is 1. The molecule has 2 aliphatic heterocycles. The zero-order valence-electron chi connectivity index (χ0n) is 14.3. The summed E-state index contributed by atoms with van der Waals surface area (Å²) in [6, 6.07) is 9.72. The van der Waals surface area contributed by atoms with Crippen LogP contribution < -0.4 is 10.6 Å². The molecule has 1 aromatic rings. The number of hydrogen-bond acceptors (Lipinski definition) is 5. The molecule has 0 radical (unpaired) electrons. The zero-order valence-corrected chi connectivity index (χ0v) is 14.3. The lowest BCUT2D eigenvalue weighted by Gasteiger charge is -2.26. The Morgan fingerprint density at radius 1 is 0.920 bits per heavy atom. The van der Waals surface area contributed by atoms with Gasteiger partial charge in [-0.15, -0.1) is 0 Å². The van der Waals surface area contributed by atoms with Crippen LogP contribution in [-0.4, -0.2) is 79.5 Å². The quantitative estimate of drug-likeness (QED) is 0.730. The molecular formula is C17H26N4O4. The van der Waals surface area contributed by atoms with Gasteiger partial charge in [0.25, 0.3) is 0 Å². The molecule has 0 aromatic heterocycles. The van der Waals surface area contributed by atoms with Crippen LogP contribution in [0.5, 0.6) is 0 Å². The normalized spacial score (nSPS) is 17.3. The number of piperazine rings is 2. The minimum absolute atomic E-state index is 0.217. The standard InChI is InChI=1S/C12H16N2O2.C5H10N2O2/c15-12(14-8-6-13-7-9-14)16-10-11-4-2-1-3-5-11;8-5(9)7-3-1-6-2-4-7/h1-5,13H,6-10H2;6H,1-4H2,(H,8,9). The summed E-state index contributed by atoms with van der Waals surface area (Å²) in [4.78, 5) is 25.0. The summed E-state index contributed by atoms with van der Waals surface area (Å²) in [5.74, 6) is 0. The summed E-state index contributed by atoms with van der Waals surface area (Å²) < 4.78 is 5.23. The van der Waals surface area contributed by atoms with E-state index in [2.05, 4.69) is 10.6 Å². The van der Waals surface area contributed by atoms with Gasteiger partial charge in [0.05, 0.1) is 0 Å². The number of nitrogens with one attached hydrogen (secondary N) is 2. The molecule has 1 aromatic carbocycles. The van der Waals surface area contributed by atoms with E-state index >= 15 is 0 Å². The highest BCUT2D eigenvalue weighted by atomic mass is 16.6. The number of carbonyl (C=O) groups excluding carboxylic acids is 1. The van der Waals surface area contributed by atoms with Gasteiger partial charge in [-0.05, 0) is 5.56 Å². The van der Waals surface area contributed by atoms with Gasteiger partial charge in [0.15, 0.2) is 0 Å². The van der Waals surface area contributed by atoms with Crippen molar-refractivity contribution in [3.8, 4) is 0 Å². The maximum atomic E-state index is 11.6. The predicted octanol–water partition coefficient (Wildman–Crippen LogP) is 0.798. The van der Waals surface area contributed by atoms with Crippen LogP contribution >= 0.6 is 0 Å². The van der Waals surface area contributed by atoms with Crippen molar-refractivity contribution in [1.82, 2.24) is 20.4 Å². The second kappa shape index (κ2) is 10.5. The van der Waals surface area contributed by atoms with E-state index in [0.29, 0.717) is 19.7 Å². The number of rotatable bonds is 2. The Balaban J connectivity index is 0.000000212. The van der Waals surface area contributed by atoms with Gasteiger partial charge in [0.2, 0.25) is 0 Å². The summed E-state index contributed by atoms with van der Waals surface area (Å²) in [5, 5.41) is 14.7. The van der Waals surface area contributed by atoms with Crippen LogP contribution in [0.3, 0.4) is 0 Å². The van der Waals surface area contributed by atoms with Crippen molar-refractivity contribution in [2.75, 3.05) is 52.4 Å². The molecule has 3 rings (SSSR count). The number of carbonyl (C=O) groups is 2. The molecular weight excluding hydrogens is 324 g/mol. The number of benzene rings is 1. The Bertz CT molecular complexity index is 529. The van der Waals surface area contributed by atoms with E-state index in [0.717, 1.165) is 44.8 Å². The highest BCUT2D eigenvalue weighted by Crippen LogP contribution is 2.03. The van der Waals surface area contributed by atoms with Gasteiger partial charge in [-0.3, -0.25) is 0 Å². The van der Waals surface area contributed by atoms with Gasteiger partial charge < -0.3 is 30.3 Å². The zero-order chi connectivity index (χ0) is 17.9. The van der Waals surface area contributed by atoms with Crippen LogP contribution in [0.4, 0.5) is 9.59 Å². The molecule has 2 heterocycles. The number of amides is 2. The van der Waals surface area contributed by atoms with Crippen molar-refractivity contribution < 1.29 is 19.4 Å². The SMILES string of the molecule is O=C(O)N1CCNCC1.O=C(OCc1ccccc1)N1CCNCC1. The van der Waals surface area contributed by atoms with Gasteiger partial charge in [0, 0.05) is 52.4 Å². The van der Waals surface area contributed by atoms with E-state index in [1.807, 2.05) is 30.3 Å². The summed E-state index contributed by atoms with van der Waals surface area (Å²) >= 11 is 0. The molecule has 0 aliphatic carbocycles. The van der Waals surface area contributed by atoms with Crippen molar-refractivity contribution in [3.05, 3.63) is 35.9 Å². The molecule has 2 fully saturated rings. The van der Waals surface area contributed by atoms with Crippen molar-refractivity contribution in [3.63, 3.8) is 0 Å². The molecule has 138 valence electrons. The Kier molecular flexibility index (Phi) is 8.00. The fourth-order valence-corrected chi connectivity index (χ4v) is 2.51. The largest absolute Gasteiger partial charge is 0.465 e. The van der Waals surface area contributed by atoms with Crippen molar-refractivity contribution in [2.45, 2.75) is 6.61 Å². The molecule has 0 saturated carbocycles. The van der Waals surface area contributed by atoms with Crippen LogP contribution in [-0.2, 0) is 11.3 Å². The molecule has 2 saturated heterocycles. The summed E-state index contributed by atoms with van der Waals surface area (Å²) in [6.07, 6.45) is -1.03. The first-order chi connectivity index (χ1) is 12.2. The number of nitrogens with zero attached hydrogens (tertiary/aromatic N) is 2. The third kappa shape index (κ3) is 6.98. The molecule has 2 aliphatic rings. The van der Waals surface area contributed by atoms with E-state index in [1.54, 1.807) is 4.90 Å². The second-order valence-electron chi connectivity index (χ2n) is 5.80. The third-order valence-corrected chi connectivity index (χ3v) is 3.97. The maximum Gasteiger partial charge on any atom is 0.410 e. The minimum Gasteiger partial charge on any atom is -0.465 e. The molecule has 8 nitrogen and oxygen atoms in total. The second-order valence-corrected chi connectivity index (χ2v) is 5.80. The average molecular weight is 350 g/mol. The average Bonchev–Trinajstić information content (AvgIpc) is 2.69.